The summed E-state index contributed by atoms with van der Waals surface area (Å²) in [5.74, 6) is 0. The Balaban J connectivity index is 2.45. The average molecular weight is 289 g/mol. The number of urea groups is 1. The predicted molar refractivity (Wildman–Crippen MR) is 76.2 cm³/mol. The Kier molecular flexibility index (Phi) is 2.98. The van der Waals surface area contributed by atoms with Gasteiger partial charge in [0.15, 0.2) is 11.4 Å². The van der Waals surface area contributed by atoms with Gasteiger partial charge in [0, 0.05) is 10.8 Å². The summed E-state index contributed by atoms with van der Waals surface area (Å²) in [5, 5.41) is 26.8. The molecule has 0 radical (unpaired) electrons. The smallest absolute Gasteiger partial charge is 0.348 e. The molecule has 1 aliphatic carbocycles. The molecule has 3 rings (SSSR count). The van der Waals surface area contributed by atoms with Crippen LogP contribution in [0.1, 0.15) is 11.4 Å². The van der Waals surface area contributed by atoms with Gasteiger partial charge < -0.3 is 10.7 Å². The van der Waals surface area contributed by atoms with Crippen LogP contribution in [-0.2, 0) is 0 Å². The van der Waals surface area contributed by atoms with E-state index in [1.807, 2.05) is 18.2 Å². The molecule has 3 N–H and O–H groups in total. The second-order valence-electron chi connectivity index (χ2n) is 4.34. The number of amides is 2. The summed E-state index contributed by atoms with van der Waals surface area (Å²) in [5.41, 5.74) is 6.22. The molecule has 0 spiro atoms. The summed E-state index contributed by atoms with van der Waals surface area (Å²) < 4.78 is 0. The van der Waals surface area contributed by atoms with Crippen LogP contribution in [0.25, 0.3) is 22.2 Å². The fourth-order valence-electron chi connectivity index (χ4n) is 2.23. The number of carbonyl (C=O) groups excluding carboxylic acids is 1. The minimum atomic E-state index is -0.930. The van der Waals surface area contributed by atoms with Gasteiger partial charge in [-0.05, 0) is 0 Å². The molecule has 1 aromatic carbocycles. The zero-order valence-corrected chi connectivity index (χ0v) is 11.0. The first kappa shape index (κ1) is 13.2. The Morgan fingerprint density at radius 3 is 2.59 bits per heavy atom. The van der Waals surface area contributed by atoms with Crippen LogP contribution in [0.4, 0.5) is 10.5 Å². The summed E-state index contributed by atoms with van der Waals surface area (Å²) >= 11 is 0. The molecule has 0 saturated heterocycles. The Morgan fingerprint density at radius 2 is 1.95 bits per heavy atom. The molecule has 1 aromatic rings. The molecule has 1 heterocycles. The van der Waals surface area contributed by atoms with Crippen molar-refractivity contribution in [2.24, 2.45) is 16.0 Å². The van der Waals surface area contributed by atoms with Gasteiger partial charge in [0.1, 0.15) is 17.8 Å². The Morgan fingerprint density at radius 1 is 1.23 bits per heavy atom. The summed E-state index contributed by atoms with van der Waals surface area (Å²) in [7, 11) is 0. The molecule has 0 atom stereocenters. The highest BCUT2D eigenvalue weighted by molar-refractivity contribution is 6.10. The molecule has 0 unspecified atom stereocenters. The number of nitriles is 2. The highest BCUT2D eigenvalue weighted by Crippen LogP contribution is 2.42. The number of hydrogen-bond donors (Lipinski definition) is 2. The SMILES string of the molecule is N#Cc1nc2c3ccccc3c(N=NC(N)=O)c-2[nH]c1C#N. The monoisotopic (exact) mass is 289 g/mol. The number of hydrogen-bond acceptors (Lipinski definition) is 5. The lowest BCUT2D eigenvalue weighted by molar-refractivity contribution is 0.255. The molecule has 22 heavy (non-hydrogen) atoms. The zero-order chi connectivity index (χ0) is 15.7. The Labute approximate surface area is 123 Å². The summed E-state index contributed by atoms with van der Waals surface area (Å²) in [6, 6.07) is 9.99. The predicted octanol–water partition coefficient (Wildman–Crippen LogP) is 2.57. The first-order valence-corrected chi connectivity index (χ1v) is 6.11. The quantitative estimate of drug-likeness (QED) is 0.663. The summed E-state index contributed by atoms with van der Waals surface area (Å²) in [6.45, 7) is 0. The van der Waals surface area contributed by atoms with Crippen molar-refractivity contribution in [1.82, 2.24) is 9.97 Å². The molecular weight excluding hydrogens is 282 g/mol. The second-order valence-corrected chi connectivity index (χ2v) is 4.34. The van der Waals surface area contributed by atoms with Crippen molar-refractivity contribution in [2.45, 2.75) is 0 Å². The number of carbonyl (C=O) groups is 1. The molecule has 0 saturated carbocycles. The van der Waals surface area contributed by atoms with Gasteiger partial charge in [-0.1, -0.05) is 29.4 Å². The van der Waals surface area contributed by atoms with Gasteiger partial charge >= 0.3 is 6.03 Å². The minimum absolute atomic E-state index is 0.0101. The highest BCUT2D eigenvalue weighted by atomic mass is 16.2. The fourth-order valence-corrected chi connectivity index (χ4v) is 2.23. The van der Waals surface area contributed by atoms with Crippen molar-refractivity contribution in [3.05, 3.63) is 35.7 Å². The fraction of sp³-hybridized carbons (Fsp3) is 0. The van der Waals surface area contributed by atoms with Gasteiger partial charge in [-0.15, -0.1) is 5.11 Å². The van der Waals surface area contributed by atoms with Crippen molar-refractivity contribution in [1.29, 1.82) is 10.5 Å². The van der Waals surface area contributed by atoms with Crippen molar-refractivity contribution in [3.63, 3.8) is 0 Å². The molecule has 8 heteroatoms. The van der Waals surface area contributed by atoms with Crippen LogP contribution in [0.15, 0.2) is 34.5 Å². The number of aromatic nitrogens is 2. The third kappa shape index (κ3) is 1.92. The summed E-state index contributed by atoms with van der Waals surface area (Å²) in [4.78, 5) is 17.9. The van der Waals surface area contributed by atoms with Crippen LogP contribution >= 0.6 is 0 Å². The van der Waals surface area contributed by atoms with Crippen LogP contribution in [0.2, 0.25) is 0 Å². The van der Waals surface area contributed by atoms with Gasteiger partial charge in [-0.2, -0.15) is 10.5 Å². The van der Waals surface area contributed by atoms with Crippen molar-refractivity contribution in [3.8, 4) is 23.5 Å². The number of nitrogens with two attached hydrogens (primary N) is 1. The minimum Gasteiger partial charge on any atom is -0.348 e. The highest BCUT2D eigenvalue weighted by Gasteiger charge is 2.22. The number of fused-ring (bicyclic) bond motifs is 3. The lowest BCUT2D eigenvalue weighted by atomic mass is 10.2. The van der Waals surface area contributed by atoms with Crippen molar-refractivity contribution < 1.29 is 4.79 Å². The number of primary amides is 1. The standard InChI is InChI=1S/C14H7N7O/c15-5-9-10(6-16)19-13-11(18-9)7-3-1-2-4-8(7)12(13)20-21-14(17)22/h1-4,19H,(H2,17,22). The number of H-pyrrole nitrogens is 1. The van der Waals surface area contributed by atoms with Crippen LogP contribution in [0.5, 0.6) is 0 Å². The summed E-state index contributed by atoms with van der Waals surface area (Å²) in [6.07, 6.45) is 0. The first-order chi connectivity index (χ1) is 10.7. The second kappa shape index (κ2) is 4.96. The molecule has 0 bridgehead atoms. The van der Waals surface area contributed by atoms with Gasteiger partial charge in [-0.3, -0.25) is 0 Å². The molecule has 1 aliphatic heterocycles. The lowest BCUT2D eigenvalue weighted by Gasteiger charge is -2.03. The molecule has 104 valence electrons. The van der Waals surface area contributed by atoms with E-state index in [1.54, 1.807) is 18.2 Å². The zero-order valence-electron chi connectivity index (χ0n) is 11.0. The van der Waals surface area contributed by atoms with Crippen molar-refractivity contribution in [2.75, 3.05) is 0 Å². The van der Waals surface area contributed by atoms with E-state index in [-0.39, 0.29) is 11.4 Å². The van der Waals surface area contributed by atoms with Crippen molar-refractivity contribution >= 4 is 22.5 Å². The third-order valence-corrected chi connectivity index (χ3v) is 3.09. The maximum Gasteiger partial charge on any atom is 0.356 e. The van der Waals surface area contributed by atoms with E-state index in [9.17, 15) is 4.79 Å². The van der Waals surface area contributed by atoms with Gasteiger partial charge in [0.25, 0.3) is 0 Å². The molecule has 0 aromatic heterocycles. The number of aromatic amines is 1. The molecule has 8 nitrogen and oxygen atoms in total. The van der Waals surface area contributed by atoms with Crippen LogP contribution < -0.4 is 5.73 Å². The number of azo groups is 1. The maximum atomic E-state index is 10.8. The lowest BCUT2D eigenvalue weighted by Crippen LogP contribution is -2.02. The maximum absolute atomic E-state index is 10.8. The first-order valence-electron chi connectivity index (χ1n) is 6.11. The third-order valence-electron chi connectivity index (χ3n) is 3.09. The van der Waals surface area contributed by atoms with E-state index in [0.29, 0.717) is 22.5 Å². The Bertz CT molecular complexity index is 987. The largest absolute Gasteiger partial charge is 0.356 e. The normalized spacial score (nSPS) is 10.8. The average Bonchev–Trinajstić information content (AvgIpc) is 2.84. The van der Waals surface area contributed by atoms with E-state index in [4.69, 9.17) is 16.3 Å². The van der Waals surface area contributed by atoms with Crippen LogP contribution in [0.3, 0.4) is 0 Å². The molecular formula is C14H7N7O. The number of nitrogens with zero attached hydrogens (tertiary/aromatic N) is 5. The van der Waals surface area contributed by atoms with E-state index in [1.165, 1.54) is 0 Å². The van der Waals surface area contributed by atoms with Crippen LogP contribution in [-0.4, -0.2) is 16.0 Å². The van der Waals surface area contributed by atoms with Gasteiger partial charge in [0.2, 0.25) is 0 Å². The van der Waals surface area contributed by atoms with E-state index in [2.05, 4.69) is 20.2 Å². The molecule has 2 amide bonds. The number of rotatable bonds is 1. The van der Waals surface area contributed by atoms with E-state index in [0.717, 1.165) is 5.39 Å². The topological polar surface area (TPSA) is 144 Å². The van der Waals surface area contributed by atoms with Gasteiger partial charge in [-0.25, -0.2) is 9.78 Å². The number of benzene rings is 1. The van der Waals surface area contributed by atoms with E-state index < -0.39 is 6.03 Å². The Hall–Kier alpha value is -3.78. The molecule has 0 fully saturated rings. The number of nitrogens with one attached hydrogen (secondary N) is 1. The van der Waals surface area contributed by atoms with E-state index >= 15 is 0 Å². The van der Waals surface area contributed by atoms with Gasteiger partial charge in [0.05, 0.1) is 11.4 Å². The van der Waals surface area contributed by atoms with Crippen LogP contribution in [0, 0.1) is 22.7 Å². The molecule has 2 aliphatic rings.